The molecule has 0 spiro atoms. The van der Waals surface area contributed by atoms with Crippen LogP contribution in [0.1, 0.15) is 11.8 Å². The quantitative estimate of drug-likeness (QED) is 0.750. The molecule has 0 radical (unpaired) electrons. The zero-order chi connectivity index (χ0) is 16.1. The molecule has 0 bridgehead atoms. The normalized spacial score (nSPS) is 16.0. The van der Waals surface area contributed by atoms with Crippen LogP contribution >= 0.6 is 23.1 Å². The summed E-state index contributed by atoms with van der Waals surface area (Å²) in [6.07, 6.45) is 3.75. The second-order valence-corrected chi connectivity index (χ2v) is 7.50. The number of carbonyl (C=O) groups excluding carboxylic acids is 1. The number of hydrogen-bond donors (Lipinski definition) is 0. The Kier molecular flexibility index (Phi) is 5.75. The van der Waals surface area contributed by atoms with E-state index in [0.717, 1.165) is 44.4 Å². The summed E-state index contributed by atoms with van der Waals surface area (Å²) in [7, 11) is 0. The smallest absolute Gasteiger partial charge is 0.233 e. The van der Waals surface area contributed by atoms with Crippen LogP contribution in [-0.2, 0) is 17.9 Å². The molecule has 7 heteroatoms. The molecule has 1 aliphatic rings. The van der Waals surface area contributed by atoms with Crippen molar-refractivity contribution >= 4 is 29.0 Å². The van der Waals surface area contributed by atoms with E-state index < -0.39 is 0 Å². The molecule has 2 aromatic rings. The largest absolute Gasteiger partial charge is 0.339 e. The zero-order valence-electron chi connectivity index (χ0n) is 13.4. The van der Waals surface area contributed by atoms with Crippen LogP contribution in [0.15, 0.2) is 35.1 Å². The first-order valence-corrected chi connectivity index (χ1v) is 9.79. The number of imidazole rings is 1. The maximum Gasteiger partial charge on any atom is 0.233 e. The average molecular weight is 351 g/mol. The van der Waals surface area contributed by atoms with Gasteiger partial charge in [-0.05, 0) is 18.4 Å². The zero-order valence-corrected chi connectivity index (χ0v) is 15.0. The van der Waals surface area contributed by atoms with Gasteiger partial charge in [-0.25, -0.2) is 4.98 Å². The van der Waals surface area contributed by atoms with Gasteiger partial charge in [0, 0.05) is 56.5 Å². The van der Waals surface area contributed by atoms with Gasteiger partial charge >= 0.3 is 0 Å². The van der Waals surface area contributed by atoms with Crippen LogP contribution in [-0.4, -0.2) is 57.2 Å². The Morgan fingerprint density at radius 1 is 1.35 bits per heavy atom. The molecule has 3 rings (SSSR count). The Labute approximate surface area is 145 Å². The molecule has 124 valence electrons. The van der Waals surface area contributed by atoms with Crippen molar-refractivity contribution in [3.8, 4) is 0 Å². The van der Waals surface area contributed by atoms with Gasteiger partial charge in [0.15, 0.2) is 5.16 Å². The van der Waals surface area contributed by atoms with Gasteiger partial charge in [0.25, 0.3) is 0 Å². The van der Waals surface area contributed by atoms with E-state index in [2.05, 4.69) is 38.9 Å². The van der Waals surface area contributed by atoms with Gasteiger partial charge in [-0.1, -0.05) is 17.8 Å². The molecule has 1 aliphatic heterocycles. The van der Waals surface area contributed by atoms with Crippen molar-refractivity contribution in [3.63, 3.8) is 0 Å². The number of rotatable bonds is 6. The first kappa shape index (κ1) is 16.5. The van der Waals surface area contributed by atoms with E-state index in [0.29, 0.717) is 5.75 Å². The maximum absolute atomic E-state index is 12.4. The molecule has 5 nitrogen and oxygen atoms in total. The van der Waals surface area contributed by atoms with Crippen molar-refractivity contribution in [1.29, 1.82) is 0 Å². The van der Waals surface area contributed by atoms with Crippen molar-refractivity contribution < 1.29 is 4.79 Å². The van der Waals surface area contributed by atoms with Gasteiger partial charge in [0.1, 0.15) is 0 Å². The fraction of sp³-hybridized carbons (Fsp3) is 0.500. The third-order valence-electron chi connectivity index (χ3n) is 4.03. The monoisotopic (exact) mass is 350 g/mol. The number of nitrogens with zero attached hydrogens (tertiary/aromatic N) is 4. The Bertz CT molecular complexity index is 618. The average Bonchev–Trinajstić information content (AvgIpc) is 3.24. The molecule has 0 N–H and O–H groups in total. The highest BCUT2D eigenvalue weighted by Gasteiger charge is 2.21. The number of thioether (sulfide) groups is 1. The van der Waals surface area contributed by atoms with E-state index >= 15 is 0 Å². The third kappa shape index (κ3) is 4.37. The van der Waals surface area contributed by atoms with E-state index in [1.807, 2.05) is 11.1 Å². The molecule has 0 unspecified atom stereocenters. The van der Waals surface area contributed by atoms with Crippen LogP contribution in [0, 0.1) is 0 Å². The van der Waals surface area contributed by atoms with E-state index in [4.69, 9.17) is 0 Å². The second kappa shape index (κ2) is 7.99. The van der Waals surface area contributed by atoms with E-state index in [-0.39, 0.29) is 5.91 Å². The fourth-order valence-corrected chi connectivity index (χ4v) is 4.34. The Morgan fingerprint density at radius 3 is 2.87 bits per heavy atom. The van der Waals surface area contributed by atoms with Gasteiger partial charge < -0.3 is 9.47 Å². The predicted molar refractivity (Wildman–Crippen MR) is 94.8 cm³/mol. The van der Waals surface area contributed by atoms with Crippen LogP contribution in [0.2, 0.25) is 0 Å². The number of thiophene rings is 1. The van der Waals surface area contributed by atoms with Gasteiger partial charge in [-0.15, -0.1) is 11.3 Å². The van der Waals surface area contributed by atoms with Crippen LogP contribution in [0.25, 0.3) is 0 Å². The predicted octanol–water partition coefficient (Wildman–Crippen LogP) is 2.40. The summed E-state index contributed by atoms with van der Waals surface area (Å²) in [6, 6.07) is 4.27. The molecule has 1 fully saturated rings. The van der Waals surface area contributed by atoms with Crippen molar-refractivity contribution in [2.45, 2.75) is 25.2 Å². The molecular weight excluding hydrogens is 328 g/mol. The minimum Gasteiger partial charge on any atom is -0.339 e. The van der Waals surface area contributed by atoms with E-state index in [9.17, 15) is 4.79 Å². The summed E-state index contributed by atoms with van der Waals surface area (Å²) >= 11 is 3.33. The van der Waals surface area contributed by atoms with Crippen molar-refractivity contribution in [2.24, 2.45) is 0 Å². The molecule has 0 aliphatic carbocycles. The lowest BCUT2D eigenvalue weighted by Gasteiger charge is -2.34. The number of aromatic nitrogens is 2. The summed E-state index contributed by atoms with van der Waals surface area (Å²) < 4.78 is 2.07. The van der Waals surface area contributed by atoms with E-state index in [1.54, 1.807) is 17.5 Å². The number of aryl methyl sites for hydroxylation is 1. The highest BCUT2D eigenvalue weighted by atomic mass is 32.2. The molecule has 1 amide bonds. The van der Waals surface area contributed by atoms with Crippen molar-refractivity contribution in [3.05, 3.63) is 34.8 Å². The SMILES string of the molecule is CCn1ccnc1SCC(=O)N1CCN(Cc2cccs2)CC1. The summed E-state index contributed by atoms with van der Waals surface area (Å²) in [4.78, 5) is 22.5. The van der Waals surface area contributed by atoms with Gasteiger partial charge in [-0.3, -0.25) is 9.69 Å². The number of hydrogen-bond acceptors (Lipinski definition) is 5. The molecular formula is C16H22N4OS2. The Balaban J connectivity index is 1.43. The van der Waals surface area contributed by atoms with Gasteiger partial charge in [-0.2, -0.15) is 0 Å². The minimum absolute atomic E-state index is 0.219. The Morgan fingerprint density at radius 2 is 2.17 bits per heavy atom. The molecule has 0 aromatic carbocycles. The van der Waals surface area contributed by atoms with E-state index in [1.165, 1.54) is 16.6 Å². The van der Waals surface area contributed by atoms with Crippen LogP contribution in [0.4, 0.5) is 0 Å². The fourth-order valence-electron chi connectivity index (χ4n) is 2.67. The molecule has 0 atom stereocenters. The van der Waals surface area contributed by atoms with Crippen LogP contribution in [0.5, 0.6) is 0 Å². The van der Waals surface area contributed by atoms with Crippen molar-refractivity contribution in [2.75, 3.05) is 31.9 Å². The lowest BCUT2D eigenvalue weighted by Crippen LogP contribution is -2.48. The number of carbonyl (C=O) groups is 1. The minimum atomic E-state index is 0.219. The summed E-state index contributed by atoms with van der Waals surface area (Å²) in [5.41, 5.74) is 0. The summed E-state index contributed by atoms with van der Waals surface area (Å²) in [5.74, 6) is 0.693. The van der Waals surface area contributed by atoms with Crippen LogP contribution in [0.3, 0.4) is 0 Å². The van der Waals surface area contributed by atoms with Crippen molar-refractivity contribution in [1.82, 2.24) is 19.4 Å². The maximum atomic E-state index is 12.4. The highest BCUT2D eigenvalue weighted by molar-refractivity contribution is 7.99. The lowest BCUT2D eigenvalue weighted by molar-refractivity contribution is -0.130. The summed E-state index contributed by atoms with van der Waals surface area (Å²) in [6.45, 7) is 7.54. The summed E-state index contributed by atoms with van der Waals surface area (Å²) in [5, 5.41) is 3.05. The Hall–Kier alpha value is -1.31. The molecule has 3 heterocycles. The number of amides is 1. The van der Waals surface area contributed by atoms with Gasteiger partial charge in [0.05, 0.1) is 5.75 Å². The standard InChI is InChI=1S/C16H22N4OS2/c1-2-19-6-5-17-16(19)23-13-15(21)20-9-7-18(8-10-20)12-14-4-3-11-22-14/h3-6,11H,2,7-10,12-13H2,1H3. The third-order valence-corrected chi connectivity index (χ3v) is 5.88. The molecule has 23 heavy (non-hydrogen) atoms. The molecule has 0 saturated carbocycles. The first-order valence-electron chi connectivity index (χ1n) is 7.92. The lowest BCUT2D eigenvalue weighted by atomic mass is 10.3. The molecule has 1 saturated heterocycles. The van der Waals surface area contributed by atoms with Crippen LogP contribution < -0.4 is 0 Å². The number of piperazine rings is 1. The highest BCUT2D eigenvalue weighted by Crippen LogP contribution is 2.18. The molecule has 2 aromatic heterocycles. The van der Waals surface area contributed by atoms with Gasteiger partial charge in [0.2, 0.25) is 5.91 Å². The second-order valence-electron chi connectivity index (χ2n) is 5.52. The first-order chi connectivity index (χ1) is 11.3. The topological polar surface area (TPSA) is 41.4 Å².